The lowest BCUT2D eigenvalue weighted by atomic mass is 9.82. The quantitative estimate of drug-likeness (QED) is 0.810. The van der Waals surface area contributed by atoms with Crippen LogP contribution in [0.2, 0.25) is 0 Å². The lowest BCUT2D eigenvalue weighted by Crippen LogP contribution is -2.33. The summed E-state index contributed by atoms with van der Waals surface area (Å²) in [7, 11) is 0. The number of rotatable bonds is 6. The van der Waals surface area contributed by atoms with Crippen molar-refractivity contribution in [3.05, 3.63) is 11.7 Å². The highest BCUT2D eigenvalue weighted by molar-refractivity contribution is 5.79. The van der Waals surface area contributed by atoms with Crippen molar-refractivity contribution >= 4 is 5.91 Å². The minimum Gasteiger partial charge on any atom is -0.342 e. The molecule has 0 aromatic carbocycles. The normalized spacial score (nSPS) is 26.3. The topological polar surface area (TPSA) is 59.2 Å². The third kappa shape index (κ3) is 2.90. The van der Waals surface area contributed by atoms with Crippen molar-refractivity contribution in [3.63, 3.8) is 0 Å². The van der Waals surface area contributed by atoms with Gasteiger partial charge in [0.05, 0.1) is 0 Å². The molecule has 1 atom stereocenters. The molecule has 1 aliphatic heterocycles. The summed E-state index contributed by atoms with van der Waals surface area (Å²) < 4.78 is 5.39. The molecule has 1 aromatic rings. The zero-order valence-electron chi connectivity index (χ0n) is 13.2. The number of carbonyl (C=O) groups is 1. The van der Waals surface area contributed by atoms with Gasteiger partial charge in [0.1, 0.15) is 0 Å². The second-order valence-corrected chi connectivity index (χ2v) is 7.38. The van der Waals surface area contributed by atoms with Crippen LogP contribution >= 0.6 is 0 Å². The van der Waals surface area contributed by atoms with Gasteiger partial charge in [0.15, 0.2) is 5.82 Å². The van der Waals surface area contributed by atoms with Crippen LogP contribution in [-0.2, 0) is 11.2 Å². The van der Waals surface area contributed by atoms with Crippen molar-refractivity contribution in [1.82, 2.24) is 15.0 Å². The lowest BCUT2D eigenvalue weighted by Gasteiger charge is -2.30. The van der Waals surface area contributed by atoms with Crippen LogP contribution in [0.5, 0.6) is 0 Å². The highest BCUT2D eigenvalue weighted by atomic mass is 16.5. The van der Waals surface area contributed by atoms with Gasteiger partial charge in [-0.25, -0.2) is 0 Å². The van der Waals surface area contributed by atoms with Crippen molar-refractivity contribution < 1.29 is 9.32 Å². The van der Waals surface area contributed by atoms with Crippen LogP contribution in [-0.4, -0.2) is 34.0 Å². The number of likely N-dealkylation sites (tertiary alicyclic amines) is 1. The van der Waals surface area contributed by atoms with Gasteiger partial charge in [0.25, 0.3) is 0 Å². The number of carbonyl (C=O) groups excluding carboxylic acids is 1. The Morgan fingerprint density at radius 3 is 2.59 bits per heavy atom. The molecule has 22 heavy (non-hydrogen) atoms. The van der Waals surface area contributed by atoms with E-state index in [0.29, 0.717) is 6.42 Å². The maximum absolute atomic E-state index is 12.1. The molecule has 2 heterocycles. The Morgan fingerprint density at radius 1 is 1.14 bits per heavy atom. The van der Waals surface area contributed by atoms with Gasteiger partial charge in [-0.3, -0.25) is 4.79 Å². The van der Waals surface area contributed by atoms with Gasteiger partial charge >= 0.3 is 0 Å². The van der Waals surface area contributed by atoms with E-state index in [1.54, 1.807) is 0 Å². The molecule has 2 aliphatic carbocycles. The van der Waals surface area contributed by atoms with Gasteiger partial charge in [0, 0.05) is 31.8 Å². The maximum Gasteiger partial charge on any atom is 0.226 e. The summed E-state index contributed by atoms with van der Waals surface area (Å²) in [5.74, 6) is 3.48. The monoisotopic (exact) mass is 303 g/mol. The van der Waals surface area contributed by atoms with E-state index in [2.05, 4.69) is 10.1 Å². The molecule has 120 valence electrons. The maximum atomic E-state index is 12.1. The van der Waals surface area contributed by atoms with Crippen LogP contribution in [0.15, 0.2) is 4.52 Å². The van der Waals surface area contributed by atoms with Crippen molar-refractivity contribution in [2.75, 3.05) is 13.1 Å². The fourth-order valence-electron chi connectivity index (χ4n) is 3.75. The predicted octanol–water partition coefficient (Wildman–Crippen LogP) is 2.92. The van der Waals surface area contributed by atoms with Gasteiger partial charge in [-0.1, -0.05) is 30.8 Å². The van der Waals surface area contributed by atoms with Gasteiger partial charge in [-0.05, 0) is 31.1 Å². The molecule has 1 aromatic heterocycles. The van der Waals surface area contributed by atoms with E-state index in [9.17, 15) is 4.79 Å². The predicted molar refractivity (Wildman–Crippen MR) is 81.2 cm³/mol. The molecule has 5 heteroatoms. The first kappa shape index (κ1) is 14.2. The zero-order chi connectivity index (χ0) is 14.9. The molecule has 0 N–H and O–H groups in total. The fourth-order valence-corrected chi connectivity index (χ4v) is 3.75. The number of hydrogen-bond acceptors (Lipinski definition) is 4. The van der Waals surface area contributed by atoms with E-state index in [-0.39, 0.29) is 11.8 Å². The van der Waals surface area contributed by atoms with E-state index in [1.807, 2.05) is 4.90 Å². The molecule has 5 nitrogen and oxygen atoms in total. The first-order valence-corrected chi connectivity index (χ1v) is 8.88. The molecule has 0 bridgehead atoms. The van der Waals surface area contributed by atoms with Crippen LogP contribution in [0, 0.1) is 11.8 Å². The van der Waals surface area contributed by atoms with E-state index in [4.69, 9.17) is 4.52 Å². The second kappa shape index (κ2) is 6.01. The van der Waals surface area contributed by atoms with Crippen LogP contribution in [0.25, 0.3) is 0 Å². The van der Waals surface area contributed by atoms with Crippen molar-refractivity contribution in [1.29, 1.82) is 0 Å². The number of amides is 1. The average Bonchev–Trinajstić information content (AvgIpc) is 2.99. The molecule has 4 rings (SSSR count). The first-order valence-electron chi connectivity index (χ1n) is 8.88. The average molecular weight is 303 g/mol. The standard InChI is InChI=1S/C17H25N3O2/c21-16-9-14(11-20(16)10-13-5-2-6-13)17-18-15(22-19-17)8-7-12-3-1-4-12/h12-14H,1-11H2/t14-/m0/s1. The minimum absolute atomic E-state index is 0.133. The summed E-state index contributed by atoms with van der Waals surface area (Å²) in [4.78, 5) is 18.7. The highest BCUT2D eigenvalue weighted by Gasteiger charge is 2.35. The van der Waals surface area contributed by atoms with Crippen molar-refractivity contribution in [3.8, 4) is 0 Å². The van der Waals surface area contributed by atoms with E-state index in [1.165, 1.54) is 44.9 Å². The first-order chi connectivity index (χ1) is 10.8. The van der Waals surface area contributed by atoms with Crippen LogP contribution < -0.4 is 0 Å². The van der Waals surface area contributed by atoms with Crippen LogP contribution in [0.1, 0.15) is 69.0 Å². The summed E-state index contributed by atoms with van der Waals surface area (Å²) in [6, 6.07) is 0. The Balaban J connectivity index is 1.31. The van der Waals surface area contributed by atoms with E-state index < -0.39 is 0 Å². The second-order valence-electron chi connectivity index (χ2n) is 7.38. The number of aryl methyl sites for hydroxylation is 1. The Bertz CT molecular complexity index is 534. The molecular weight excluding hydrogens is 278 g/mol. The van der Waals surface area contributed by atoms with Gasteiger partial charge < -0.3 is 9.42 Å². The molecule has 1 saturated heterocycles. The molecule has 2 saturated carbocycles. The summed E-state index contributed by atoms with van der Waals surface area (Å²) in [6.07, 6.45) is 10.6. The third-order valence-corrected chi connectivity index (χ3v) is 5.76. The van der Waals surface area contributed by atoms with Crippen LogP contribution in [0.4, 0.5) is 0 Å². The molecule has 0 unspecified atom stereocenters. The zero-order valence-corrected chi connectivity index (χ0v) is 13.2. The molecule has 3 aliphatic rings. The smallest absolute Gasteiger partial charge is 0.226 e. The largest absolute Gasteiger partial charge is 0.342 e. The molecule has 0 radical (unpaired) electrons. The highest BCUT2D eigenvalue weighted by Crippen LogP contribution is 2.33. The Hall–Kier alpha value is -1.39. The molecule has 3 fully saturated rings. The summed E-state index contributed by atoms with van der Waals surface area (Å²) in [5.41, 5.74) is 0. The Kier molecular flexibility index (Phi) is 3.89. The summed E-state index contributed by atoms with van der Waals surface area (Å²) in [6.45, 7) is 1.71. The van der Waals surface area contributed by atoms with Gasteiger partial charge in [-0.15, -0.1) is 0 Å². The minimum atomic E-state index is 0.133. The SMILES string of the molecule is O=C1C[C@H](c2noc(CCC3CCC3)n2)CN1CC1CCC1. The van der Waals surface area contributed by atoms with E-state index in [0.717, 1.165) is 43.1 Å². The van der Waals surface area contributed by atoms with E-state index >= 15 is 0 Å². The molecule has 0 spiro atoms. The Labute approximate surface area is 131 Å². The summed E-state index contributed by atoms with van der Waals surface area (Å²) >= 11 is 0. The molecule has 1 amide bonds. The fraction of sp³-hybridized carbons (Fsp3) is 0.824. The van der Waals surface area contributed by atoms with Crippen molar-refractivity contribution in [2.24, 2.45) is 11.8 Å². The third-order valence-electron chi connectivity index (χ3n) is 5.76. The lowest BCUT2D eigenvalue weighted by molar-refractivity contribution is -0.128. The van der Waals surface area contributed by atoms with Crippen LogP contribution in [0.3, 0.4) is 0 Å². The number of hydrogen-bond donors (Lipinski definition) is 0. The van der Waals surface area contributed by atoms with Crippen molar-refractivity contribution in [2.45, 2.75) is 63.7 Å². The summed E-state index contributed by atoms with van der Waals surface area (Å²) in [5, 5.41) is 4.14. The van der Waals surface area contributed by atoms with Gasteiger partial charge in [-0.2, -0.15) is 4.98 Å². The Morgan fingerprint density at radius 2 is 1.91 bits per heavy atom. The number of aromatic nitrogens is 2. The van der Waals surface area contributed by atoms with Gasteiger partial charge in [0.2, 0.25) is 11.8 Å². The number of nitrogens with zero attached hydrogens (tertiary/aromatic N) is 3. The molecular formula is C17H25N3O2.